The monoisotopic (exact) mass is 373 g/mol. The van der Waals surface area contributed by atoms with Crippen molar-refractivity contribution >= 4 is 17.5 Å². The van der Waals surface area contributed by atoms with Crippen molar-refractivity contribution in [3.63, 3.8) is 0 Å². The van der Waals surface area contributed by atoms with Crippen LogP contribution in [0.5, 0.6) is 0 Å². The van der Waals surface area contributed by atoms with Crippen LogP contribution >= 0.6 is 0 Å². The fourth-order valence-electron chi connectivity index (χ4n) is 3.85. The van der Waals surface area contributed by atoms with Gasteiger partial charge in [0.15, 0.2) is 0 Å². The van der Waals surface area contributed by atoms with Crippen molar-refractivity contribution in [1.82, 2.24) is 10.2 Å². The van der Waals surface area contributed by atoms with Crippen LogP contribution < -0.4 is 10.6 Å². The van der Waals surface area contributed by atoms with Gasteiger partial charge in [-0.2, -0.15) is 0 Å². The number of benzene rings is 1. The predicted octanol–water partition coefficient (Wildman–Crippen LogP) is 2.05. The van der Waals surface area contributed by atoms with E-state index >= 15 is 0 Å². The molecule has 1 aromatic carbocycles. The minimum atomic E-state index is -0.141. The largest absolute Gasteiger partial charge is 0.374 e. The van der Waals surface area contributed by atoms with Gasteiger partial charge >= 0.3 is 0 Å². The third-order valence-corrected chi connectivity index (χ3v) is 5.21. The van der Waals surface area contributed by atoms with Gasteiger partial charge in [0.1, 0.15) is 0 Å². The Hall–Kier alpha value is -1.92. The molecule has 6 nitrogen and oxygen atoms in total. The van der Waals surface area contributed by atoms with Gasteiger partial charge in [0, 0.05) is 44.2 Å². The number of carbonyl (C=O) groups excluding carboxylic acids is 2. The Kier molecular flexibility index (Phi) is 6.85. The van der Waals surface area contributed by atoms with Crippen LogP contribution in [-0.2, 0) is 20.7 Å². The lowest BCUT2D eigenvalue weighted by Gasteiger charge is -2.34. The lowest BCUT2D eigenvalue weighted by molar-refractivity contribution is -0.123. The van der Waals surface area contributed by atoms with Crippen LogP contribution in [-0.4, -0.2) is 55.6 Å². The molecule has 0 spiro atoms. The lowest BCUT2D eigenvalue weighted by atomic mass is 9.89. The molecule has 2 atom stereocenters. The number of nitrogens with one attached hydrogen (secondary N) is 2. The van der Waals surface area contributed by atoms with Gasteiger partial charge < -0.3 is 15.4 Å². The summed E-state index contributed by atoms with van der Waals surface area (Å²) in [4.78, 5) is 26.9. The Balaban J connectivity index is 1.39. The van der Waals surface area contributed by atoms with E-state index in [1.165, 1.54) is 0 Å². The van der Waals surface area contributed by atoms with E-state index in [9.17, 15) is 9.59 Å². The summed E-state index contributed by atoms with van der Waals surface area (Å²) >= 11 is 0. The number of rotatable bonds is 7. The number of hydrogen-bond acceptors (Lipinski definition) is 4. The summed E-state index contributed by atoms with van der Waals surface area (Å²) in [5.41, 5.74) is 2.03. The number of para-hydroxylation sites is 1. The van der Waals surface area contributed by atoms with Gasteiger partial charge in [-0.3, -0.25) is 14.5 Å². The van der Waals surface area contributed by atoms with Gasteiger partial charge in [-0.1, -0.05) is 32.0 Å². The van der Waals surface area contributed by atoms with E-state index in [-0.39, 0.29) is 23.8 Å². The molecule has 6 heteroatoms. The van der Waals surface area contributed by atoms with Gasteiger partial charge in [-0.15, -0.1) is 0 Å². The smallest absolute Gasteiger partial charge is 0.227 e. The van der Waals surface area contributed by atoms with Crippen LogP contribution in [0.15, 0.2) is 24.3 Å². The second-order valence-corrected chi connectivity index (χ2v) is 8.04. The molecule has 2 aliphatic heterocycles. The molecular weight excluding hydrogens is 342 g/mol. The minimum Gasteiger partial charge on any atom is -0.374 e. The van der Waals surface area contributed by atoms with Crippen molar-refractivity contribution < 1.29 is 14.3 Å². The second-order valence-electron chi connectivity index (χ2n) is 8.04. The van der Waals surface area contributed by atoms with Crippen LogP contribution in [0.4, 0.5) is 5.69 Å². The molecular formula is C21H31N3O3. The molecule has 0 aromatic heterocycles. The van der Waals surface area contributed by atoms with E-state index in [4.69, 9.17) is 4.74 Å². The topological polar surface area (TPSA) is 70.7 Å². The lowest BCUT2D eigenvalue weighted by Crippen LogP contribution is -2.48. The molecule has 0 aliphatic carbocycles. The van der Waals surface area contributed by atoms with Gasteiger partial charge in [0.05, 0.1) is 12.7 Å². The summed E-state index contributed by atoms with van der Waals surface area (Å²) in [6.45, 7) is 8.56. The zero-order valence-corrected chi connectivity index (χ0v) is 16.4. The molecule has 2 heterocycles. The van der Waals surface area contributed by atoms with Crippen molar-refractivity contribution in [2.75, 3.05) is 38.1 Å². The average molecular weight is 373 g/mol. The number of hydrogen-bond donors (Lipinski definition) is 2. The van der Waals surface area contributed by atoms with Crippen molar-refractivity contribution in [1.29, 1.82) is 0 Å². The zero-order valence-electron chi connectivity index (χ0n) is 16.4. The summed E-state index contributed by atoms with van der Waals surface area (Å²) in [6.07, 6.45) is 1.68. The van der Waals surface area contributed by atoms with E-state index < -0.39 is 0 Å². The Morgan fingerprint density at radius 1 is 1.37 bits per heavy atom. The van der Waals surface area contributed by atoms with Crippen LogP contribution in [0.3, 0.4) is 0 Å². The fraction of sp³-hybridized carbons (Fsp3) is 0.619. The van der Waals surface area contributed by atoms with E-state index in [1.807, 2.05) is 24.3 Å². The Morgan fingerprint density at radius 2 is 2.19 bits per heavy atom. The molecule has 2 unspecified atom stereocenters. The first-order valence-corrected chi connectivity index (χ1v) is 10.0. The number of ether oxygens (including phenoxy) is 1. The first-order chi connectivity index (χ1) is 13.0. The number of fused-ring (bicyclic) bond motifs is 1. The maximum Gasteiger partial charge on any atom is 0.227 e. The number of anilines is 1. The molecule has 2 N–H and O–H groups in total. The second kappa shape index (κ2) is 9.33. The first kappa shape index (κ1) is 19.8. The molecule has 148 valence electrons. The van der Waals surface area contributed by atoms with E-state index in [0.717, 1.165) is 37.5 Å². The average Bonchev–Trinajstić information content (AvgIpc) is 2.64. The number of nitrogens with zero attached hydrogens (tertiary/aromatic N) is 1. The summed E-state index contributed by atoms with van der Waals surface area (Å²) in [5, 5.41) is 5.92. The van der Waals surface area contributed by atoms with Crippen LogP contribution in [0.25, 0.3) is 0 Å². The molecule has 1 aromatic rings. The molecule has 1 fully saturated rings. The van der Waals surface area contributed by atoms with Crippen LogP contribution in [0, 0.1) is 11.8 Å². The minimum absolute atomic E-state index is 0.00811. The highest BCUT2D eigenvalue weighted by Crippen LogP contribution is 2.27. The summed E-state index contributed by atoms with van der Waals surface area (Å²) < 4.78 is 5.77. The Bertz CT molecular complexity index is 662. The first-order valence-electron chi connectivity index (χ1n) is 10.0. The Morgan fingerprint density at radius 3 is 3.00 bits per heavy atom. The highest BCUT2D eigenvalue weighted by atomic mass is 16.5. The molecule has 2 amide bonds. The standard InChI is InChI=1S/C21H31N3O3/c1-15(2)13-24-9-10-27-18(14-24)12-22-20(25)8-7-17-11-16-5-3-4-6-19(16)23-21(17)26/h3-6,15,17-18H,7-14H2,1-2H3,(H,22,25)(H,23,26). The molecule has 1 saturated heterocycles. The maximum absolute atomic E-state index is 12.2. The molecule has 0 bridgehead atoms. The van der Waals surface area contributed by atoms with Gasteiger partial charge in [-0.25, -0.2) is 0 Å². The van der Waals surface area contributed by atoms with Crippen molar-refractivity contribution in [2.45, 2.75) is 39.2 Å². The number of morpholine rings is 1. The highest BCUT2D eigenvalue weighted by Gasteiger charge is 2.26. The van der Waals surface area contributed by atoms with Gasteiger partial charge in [0.25, 0.3) is 0 Å². The van der Waals surface area contributed by atoms with Crippen molar-refractivity contribution in [3.8, 4) is 0 Å². The van der Waals surface area contributed by atoms with Crippen molar-refractivity contribution in [2.24, 2.45) is 11.8 Å². The summed E-state index contributed by atoms with van der Waals surface area (Å²) in [5.74, 6) is 0.496. The molecule has 2 aliphatic rings. The molecule has 27 heavy (non-hydrogen) atoms. The normalized spacial score (nSPS) is 23.0. The Labute approximate surface area is 161 Å². The van der Waals surface area contributed by atoms with Crippen molar-refractivity contribution in [3.05, 3.63) is 29.8 Å². The quantitative estimate of drug-likeness (QED) is 0.767. The highest BCUT2D eigenvalue weighted by molar-refractivity contribution is 5.96. The SMILES string of the molecule is CC(C)CN1CCOC(CNC(=O)CCC2Cc3ccccc3NC2=O)C1. The van der Waals surface area contributed by atoms with E-state index in [0.29, 0.717) is 31.7 Å². The van der Waals surface area contributed by atoms with Crippen LogP contribution in [0.1, 0.15) is 32.3 Å². The molecule has 3 rings (SSSR count). The third kappa shape index (κ3) is 5.78. The maximum atomic E-state index is 12.2. The van der Waals surface area contributed by atoms with Gasteiger partial charge in [-0.05, 0) is 30.4 Å². The van der Waals surface area contributed by atoms with E-state index in [1.54, 1.807) is 0 Å². The fourth-order valence-corrected chi connectivity index (χ4v) is 3.85. The third-order valence-electron chi connectivity index (χ3n) is 5.21. The van der Waals surface area contributed by atoms with Gasteiger partial charge in [0.2, 0.25) is 11.8 Å². The van der Waals surface area contributed by atoms with E-state index in [2.05, 4.69) is 29.4 Å². The number of amides is 2. The van der Waals surface area contributed by atoms with Crippen LogP contribution in [0.2, 0.25) is 0 Å². The number of carbonyl (C=O) groups is 2. The molecule has 0 radical (unpaired) electrons. The molecule has 0 saturated carbocycles. The summed E-state index contributed by atoms with van der Waals surface area (Å²) in [7, 11) is 0. The zero-order chi connectivity index (χ0) is 19.2. The summed E-state index contributed by atoms with van der Waals surface area (Å²) in [6, 6.07) is 7.85. The predicted molar refractivity (Wildman–Crippen MR) is 106 cm³/mol.